The summed E-state index contributed by atoms with van der Waals surface area (Å²) in [6, 6.07) is 15.5. The van der Waals surface area contributed by atoms with Gasteiger partial charge >= 0.3 is 10.1 Å². The third kappa shape index (κ3) is 6.61. The van der Waals surface area contributed by atoms with E-state index in [1.54, 1.807) is 11.0 Å². The van der Waals surface area contributed by atoms with Crippen molar-refractivity contribution in [2.45, 2.75) is 31.2 Å². The average molecular weight is 531 g/mol. The standard InChI is InChI=1S/C26H24ClFN2O5S/c1-17(31)29-23-8-10-24(11-9-23)36(33,34)35-25-12-7-21(27)13-20(25)16-30(15-18-5-6-18)26(32)19-3-2-4-22(28)14-19/h2-4,7-14,18H,5-6,15-16H2,1H3,(H,29,31). The van der Waals surface area contributed by atoms with E-state index in [1.165, 1.54) is 67.6 Å². The van der Waals surface area contributed by atoms with E-state index >= 15 is 0 Å². The van der Waals surface area contributed by atoms with E-state index in [-0.39, 0.29) is 34.6 Å². The predicted molar refractivity (Wildman–Crippen MR) is 134 cm³/mol. The Labute approximate surface area is 214 Å². The van der Waals surface area contributed by atoms with Gasteiger partial charge in [-0.05, 0) is 79.4 Å². The largest absolute Gasteiger partial charge is 0.379 e. The molecule has 0 aliphatic heterocycles. The zero-order valence-electron chi connectivity index (χ0n) is 19.4. The Hall–Kier alpha value is -3.43. The summed E-state index contributed by atoms with van der Waals surface area (Å²) in [7, 11) is -4.23. The lowest BCUT2D eigenvalue weighted by Crippen LogP contribution is -2.32. The van der Waals surface area contributed by atoms with Crippen LogP contribution in [0.5, 0.6) is 5.75 Å². The van der Waals surface area contributed by atoms with Crippen molar-refractivity contribution < 1.29 is 26.6 Å². The molecule has 3 aromatic carbocycles. The maximum absolute atomic E-state index is 13.7. The van der Waals surface area contributed by atoms with Gasteiger partial charge < -0.3 is 14.4 Å². The van der Waals surface area contributed by atoms with E-state index in [1.807, 2.05) is 0 Å². The Morgan fingerprint density at radius 3 is 2.44 bits per heavy atom. The first-order valence-electron chi connectivity index (χ1n) is 11.3. The minimum Gasteiger partial charge on any atom is -0.379 e. The molecular formula is C26H24ClFN2O5S. The second-order valence-electron chi connectivity index (χ2n) is 8.63. The molecule has 1 aliphatic carbocycles. The number of amides is 2. The molecule has 0 saturated heterocycles. The van der Waals surface area contributed by atoms with Crippen LogP contribution in [0.2, 0.25) is 5.02 Å². The Morgan fingerprint density at radius 1 is 1.08 bits per heavy atom. The van der Waals surface area contributed by atoms with E-state index in [0.29, 0.717) is 28.7 Å². The lowest BCUT2D eigenvalue weighted by molar-refractivity contribution is -0.114. The Morgan fingerprint density at radius 2 is 1.81 bits per heavy atom. The molecule has 4 rings (SSSR count). The van der Waals surface area contributed by atoms with Gasteiger partial charge in [0.05, 0.1) is 0 Å². The molecule has 0 bridgehead atoms. The van der Waals surface area contributed by atoms with Gasteiger partial charge in [-0.1, -0.05) is 17.7 Å². The molecule has 1 fully saturated rings. The number of anilines is 1. The Balaban J connectivity index is 1.60. The summed E-state index contributed by atoms with van der Waals surface area (Å²) in [6.45, 7) is 1.82. The van der Waals surface area contributed by atoms with Gasteiger partial charge in [0.15, 0.2) is 0 Å². The molecule has 0 radical (unpaired) electrons. The fourth-order valence-electron chi connectivity index (χ4n) is 3.67. The predicted octanol–water partition coefficient (Wildman–Crippen LogP) is 5.26. The number of hydrogen-bond donors (Lipinski definition) is 1. The van der Waals surface area contributed by atoms with Crippen molar-refractivity contribution in [1.82, 2.24) is 4.90 Å². The molecule has 0 atom stereocenters. The fraction of sp³-hybridized carbons (Fsp3) is 0.231. The molecule has 1 aliphatic rings. The SMILES string of the molecule is CC(=O)Nc1ccc(S(=O)(=O)Oc2ccc(Cl)cc2CN(CC2CC2)C(=O)c2cccc(F)c2)cc1. The van der Waals surface area contributed by atoms with Crippen molar-refractivity contribution in [1.29, 1.82) is 0 Å². The lowest BCUT2D eigenvalue weighted by Gasteiger charge is -2.24. The van der Waals surface area contributed by atoms with Crippen LogP contribution in [0.1, 0.15) is 35.7 Å². The van der Waals surface area contributed by atoms with Crippen LogP contribution < -0.4 is 9.50 Å². The normalized spacial score (nSPS) is 13.2. The number of rotatable bonds is 9. The second-order valence-corrected chi connectivity index (χ2v) is 10.6. The van der Waals surface area contributed by atoms with Crippen molar-refractivity contribution in [2.24, 2.45) is 5.92 Å². The van der Waals surface area contributed by atoms with Gasteiger partial charge in [0.2, 0.25) is 5.91 Å². The van der Waals surface area contributed by atoms with Gasteiger partial charge in [0.25, 0.3) is 5.91 Å². The summed E-state index contributed by atoms with van der Waals surface area (Å²) < 4.78 is 45.1. The van der Waals surface area contributed by atoms with Crippen LogP contribution in [0.4, 0.5) is 10.1 Å². The summed E-state index contributed by atoms with van der Waals surface area (Å²) >= 11 is 6.19. The third-order valence-corrected chi connectivity index (χ3v) is 7.06. The van der Waals surface area contributed by atoms with Gasteiger partial charge in [-0.15, -0.1) is 0 Å². The van der Waals surface area contributed by atoms with Crippen LogP contribution in [0.3, 0.4) is 0 Å². The van der Waals surface area contributed by atoms with Crippen LogP contribution in [0.25, 0.3) is 0 Å². The quantitative estimate of drug-likeness (QED) is 0.381. The van der Waals surface area contributed by atoms with Gasteiger partial charge in [0.1, 0.15) is 16.5 Å². The van der Waals surface area contributed by atoms with Crippen LogP contribution >= 0.6 is 11.6 Å². The highest BCUT2D eigenvalue weighted by atomic mass is 35.5. The van der Waals surface area contributed by atoms with Crippen LogP contribution in [0, 0.1) is 11.7 Å². The highest BCUT2D eigenvalue weighted by Gasteiger charge is 2.29. The van der Waals surface area contributed by atoms with Gasteiger partial charge in [0, 0.05) is 41.9 Å². The van der Waals surface area contributed by atoms with Crippen molar-refractivity contribution in [3.05, 3.63) is 88.7 Å². The van der Waals surface area contributed by atoms with Gasteiger partial charge in [-0.3, -0.25) is 9.59 Å². The van der Waals surface area contributed by atoms with Crippen molar-refractivity contribution in [2.75, 3.05) is 11.9 Å². The molecule has 0 spiro atoms. The molecule has 0 unspecified atom stereocenters. The molecule has 10 heteroatoms. The topological polar surface area (TPSA) is 92.8 Å². The number of halogens is 2. The molecule has 0 aromatic heterocycles. The Bertz CT molecular complexity index is 1390. The highest BCUT2D eigenvalue weighted by molar-refractivity contribution is 7.87. The molecule has 0 heterocycles. The summed E-state index contributed by atoms with van der Waals surface area (Å²) in [5.74, 6) is -0.815. The first-order valence-corrected chi connectivity index (χ1v) is 13.0. The number of carbonyl (C=O) groups is 2. The molecule has 188 valence electrons. The smallest absolute Gasteiger partial charge is 0.339 e. The average Bonchev–Trinajstić information content (AvgIpc) is 3.64. The molecule has 36 heavy (non-hydrogen) atoms. The number of nitrogens with zero attached hydrogens (tertiary/aromatic N) is 1. The third-order valence-electron chi connectivity index (χ3n) is 5.58. The summed E-state index contributed by atoms with van der Waals surface area (Å²) in [5, 5.41) is 2.91. The highest BCUT2D eigenvalue weighted by Crippen LogP contribution is 2.33. The summed E-state index contributed by atoms with van der Waals surface area (Å²) in [4.78, 5) is 25.9. The zero-order chi connectivity index (χ0) is 25.9. The monoisotopic (exact) mass is 530 g/mol. The van der Waals surface area contributed by atoms with Crippen LogP contribution in [-0.2, 0) is 21.5 Å². The molecule has 2 amide bonds. The second kappa shape index (κ2) is 10.7. The van der Waals surface area contributed by atoms with E-state index in [0.717, 1.165) is 12.8 Å². The number of benzene rings is 3. The van der Waals surface area contributed by atoms with E-state index in [4.69, 9.17) is 15.8 Å². The Kier molecular flexibility index (Phi) is 7.61. The van der Waals surface area contributed by atoms with E-state index in [9.17, 15) is 22.4 Å². The van der Waals surface area contributed by atoms with E-state index in [2.05, 4.69) is 5.32 Å². The first-order chi connectivity index (χ1) is 17.1. The molecule has 7 nitrogen and oxygen atoms in total. The number of hydrogen-bond acceptors (Lipinski definition) is 5. The number of carbonyl (C=O) groups excluding carboxylic acids is 2. The van der Waals surface area contributed by atoms with E-state index < -0.39 is 15.9 Å². The van der Waals surface area contributed by atoms with Crippen molar-refractivity contribution >= 4 is 39.2 Å². The summed E-state index contributed by atoms with van der Waals surface area (Å²) in [5.41, 5.74) is 1.04. The van der Waals surface area contributed by atoms with Crippen molar-refractivity contribution in [3.63, 3.8) is 0 Å². The van der Waals surface area contributed by atoms with Gasteiger partial charge in [-0.2, -0.15) is 8.42 Å². The molecule has 1 saturated carbocycles. The zero-order valence-corrected chi connectivity index (χ0v) is 21.0. The van der Waals surface area contributed by atoms with Crippen molar-refractivity contribution in [3.8, 4) is 5.75 Å². The minimum atomic E-state index is -4.23. The first kappa shape index (κ1) is 25.7. The molecule has 1 N–H and O–H groups in total. The maximum atomic E-state index is 13.7. The van der Waals surface area contributed by atoms with Gasteiger partial charge in [-0.25, -0.2) is 4.39 Å². The fourth-order valence-corrected chi connectivity index (χ4v) is 4.83. The maximum Gasteiger partial charge on any atom is 0.339 e. The minimum absolute atomic E-state index is 0.0261. The van der Waals surface area contributed by atoms with Crippen LogP contribution in [0.15, 0.2) is 71.6 Å². The van der Waals surface area contributed by atoms with Crippen LogP contribution in [-0.4, -0.2) is 31.7 Å². The molecule has 3 aromatic rings. The summed E-state index contributed by atoms with van der Waals surface area (Å²) in [6.07, 6.45) is 1.96. The number of nitrogens with one attached hydrogen (secondary N) is 1. The lowest BCUT2D eigenvalue weighted by atomic mass is 10.1. The molecular weight excluding hydrogens is 507 g/mol.